The summed E-state index contributed by atoms with van der Waals surface area (Å²) in [5.41, 5.74) is 4.43. The van der Waals surface area contributed by atoms with Gasteiger partial charge in [-0.05, 0) is 53.4 Å². The van der Waals surface area contributed by atoms with Crippen LogP contribution in [0.3, 0.4) is 0 Å². The van der Waals surface area contributed by atoms with Crippen LogP contribution in [-0.2, 0) is 0 Å². The summed E-state index contributed by atoms with van der Waals surface area (Å²) < 4.78 is 3.66. The highest BCUT2D eigenvalue weighted by Gasteiger charge is 2.15. The Morgan fingerprint density at radius 3 is 1.83 bits per heavy atom. The van der Waals surface area contributed by atoms with Crippen LogP contribution in [0.2, 0.25) is 0 Å². The number of nitrogens with zero attached hydrogens (tertiary/aromatic N) is 6. The van der Waals surface area contributed by atoms with Crippen LogP contribution in [0.15, 0.2) is 76.3 Å². The fourth-order valence-corrected chi connectivity index (χ4v) is 3.29. The highest BCUT2D eigenvalue weighted by molar-refractivity contribution is 7.98. The Hall–Kier alpha value is -3.06. The number of imidazole rings is 1. The molecule has 1 heterocycles. The summed E-state index contributed by atoms with van der Waals surface area (Å²) in [5.74, 6) is 0. The van der Waals surface area contributed by atoms with Gasteiger partial charge in [-0.25, -0.2) is 0 Å². The predicted octanol–water partition coefficient (Wildman–Crippen LogP) is 3.39. The van der Waals surface area contributed by atoms with Gasteiger partial charge in [-0.1, -0.05) is 43.8 Å². The Labute approximate surface area is 176 Å². The molecule has 0 unspecified atom stereocenters. The molecule has 3 aromatic rings. The molecule has 1 aromatic heterocycles. The van der Waals surface area contributed by atoms with Crippen molar-refractivity contribution in [3.63, 3.8) is 0 Å². The molecule has 0 radical (unpaired) electrons. The van der Waals surface area contributed by atoms with Gasteiger partial charge in [0.05, 0.1) is 12.4 Å². The SMILES string of the molecule is CSc1n(/N=C/c2ccc(N(C)C)cc2)cc[n+]1/N=C/c1ccc(N(C)C)cc1. The minimum Gasteiger partial charge on any atom is -0.378 e. The third kappa shape index (κ3) is 5.26. The second-order valence-corrected chi connectivity index (χ2v) is 7.71. The molecule has 0 aliphatic heterocycles. The third-order valence-corrected chi connectivity index (χ3v) is 5.14. The maximum atomic E-state index is 4.59. The van der Waals surface area contributed by atoms with E-state index < -0.39 is 0 Å². The largest absolute Gasteiger partial charge is 0.378 e. The van der Waals surface area contributed by atoms with E-state index in [4.69, 9.17) is 0 Å². The van der Waals surface area contributed by atoms with Gasteiger partial charge in [-0.15, -0.1) is 0 Å². The number of benzene rings is 2. The van der Waals surface area contributed by atoms with Crippen LogP contribution in [0.4, 0.5) is 11.4 Å². The van der Waals surface area contributed by atoms with Crippen LogP contribution < -0.4 is 14.5 Å². The van der Waals surface area contributed by atoms with Crippen LogP contribution in [-0.4, -0.2) is 51.6 Å². The van der Waals surface area contributed by atoms with E-state index in [0.29, 0.717) is 0 Å². The Bertz CT molecular complexity index is 906. The summed E-state index contributed by atoms with van der Waals surface area (Å²) in [6, 6.07) is 16.6. The third-order valence-electron chi connectivity index (χ3n) is 4.41. The van der Waals surface area contributed by atoms with Crippen LogP contribution >= 0.6 is 11.8 Å². The summed E-state index contributed by atoms with van der Waals surface area (Å²) in [5, 5.41) is 10.1. The van der Waals surface area contributed by atoms with Crippen LogP contribution in [0, 0.1) is 0 Å². The zero-order valence-electron chi connectivity index (χ0n) is 17.5. The van der Waals surface area contributed by atoms with E-state index in [-0.39, 0.29) is 0 Å². The zero-order chi connectivity index (χ0) is 20.8. The second-order valence-electron chi connectivity index (χ2n) is 6.94. The first-order valence-electron chi connectivity index (χ1n) is 9.28. The smallest absolute Gasteiger partial charge is 0.368 e. The normalized spacial score (nSPS) is 11.5. The van der Waals surface area contributed by atoms with Crippen molar-refractivity contribution in [2.24, 2.45) is 10.2 Å². The number of rotatable bonds is 7. The minimum absolute atomic E-state index is 0.923. The quantitative estimate of drug-likeness (QED) is 0.342. The molecule has 150 valence electrons. The molecular weight excluding hydrogens is 380 g/mol. The Morgan fingerprint density at radius 2 is 1.34 bits per heavy atom. The number of hydrogen-bond acceptors (Lipinski definition) is 5. The molecule has 0 fully saturated rings. The lowest BCUT2D eigenvalue weighted by atomic mass is 10.2. The molecule has 0 atom stereocenters. The number of aromatic nitrogens is 2. The van der Waals surface area contributed by atoms with E-state index in [1.807, 2.05) is 68.6 Å². The molecule has 0 N–H and O–H groups in total. The summed E-state index contributed by atoms with van der Waals surface area (Å²) in [4.78, 5) is 4.15. The highest BCUT2D eigenvalue weighted by Crippen LogP contribution is 2.13. The molecule has 0 aliphatic carbocycles. The number of anilines is 2. The van der Waals surface area contributed by atoms with Gasteiger partial charge < -0.3 is 9.80 Å². The van der Waals surface area contributed by atoms with Gasteiger partial charge in [0, 0.05) is 39.6 Å². The van der Waals surface area contributed by atoms with E-state index >= 15 is 0 Å². The van der Waals surface area contributed by atoms with Crippen molar-refractivity contribution < 1.29 is 4.68 Å². The molecule has 0 saturated heterocycles. The van der Waals surface area contributed by atoms with E-state index in [1.54, 1.807) is 11.8 Å². The Kier molecular flexibility index (Phi) is 6.72. The Morgan fingerprint density at radius 1 is 0.828 bits per heavy atom. The fraction of sp³-hybridized carbons (Fsp3) is 0.227. The van der Waals surface area contributed by atoms with Gasteiger partial charge in [0.25, 0.3) is 0 Å². The van der Waals surface area contributed by atoms with E-state index in [2.05, 4.69) is 68.5 Å². The summed E-state index contributed by atoms with van der Waals surface area (Å²) in [7, 11) is 8.13. The summed E-state index contributed by atoms with van der Waals surface area (Å²) >= 11 is 1.60. The first kappa shape index (κ1) is 20.7. The predicted molar refractivity (Wildman–Crippen MR) is 124 cm³/mol. The van der Waals surface area contributed by atoms with Crippen molar-refractivity contribution >= 4 is 35.6 Å². The van der Waals surface area contributed by atoms with Crippen LogP contribution in [0.25, 0.3) is 0 Å². The fourth-order valence-electron chi connectivity index (χ4n) is 2.70. The van der Waals surface area contributed by atoms with Crippen LogP contribution in [0.5, 0.6) is 0 Å². The molecule has 7 heteroatoms. The average Bonchev–Trinajstić information content (AvgIpc) is 3.13. The van der Waals surface area contributed by atoms with Crippen molar-refractivity contribution in [2.45, 2.75) is 5.16 Å². The summed E-state index contributed by atoms with van der Waals surface area (Å²) in [6.45, 7) is 0. The molecule has 0 saturated carbocycles. The van der Waals surface area contributed by atoms with Gasteiger partial charge in [0.15, 0.2) is 12.4 Å². The lowest BCUT2D eigenvalue weighted by Crippen LogP contribution is -2.28. The maximum Gasteiger partial charge on any atom is 0.368 e. The lowest BCUT2D eigenvalue weighted by molar-refractivity contribution is -0.715. The first-order valence-corrected chi connectivity index (χ1v) is 10.5. The molecule has 0 amide bonds. The van der Waals surface area contributed by atoms with Gasteiger partial charge in [-0.3, -0.25) is 0 Å². The molecule has 29 heavy (non-hydrogen) atoms. The monoisotopic (exact) mass is 407 g/mol. The molecule has 0 spiro atoms. The minimum atomic E-state index is 0.923. The lowest BCUT2D eigenvalue weighted by Gasteiger charge is -2.11. The standard InChI is InChI=1S/C22H27N6S/c1-25(2)20-10-6-18(7-11-20)16-23-27-14-15-28(22(27)29-5)24-17-19-8-12-21(13-9-19)26(3)4/h6-17H,1-5H3/q+1/b23-16+,24-17+. The van der Waals surface area contributed by atoms with Crippen LogP contribution in [0.1, 0.15) is 11.1 Å². The molecular formula is C22H27N6S+. The number of hydrogen-bond donors (Lipinski definition) is 0. The average molecular weight is 408 g/mol. The molecule has 3 rings (SSSR count). The van der Waals surface area contributed by atoms with Gasteiger partial charge >= 0.3 is 5.16 Å². The molecule has 0 aliphatic rings. The highest BCUT2D eigenvalue weighted by atomic mass is 32.2. The van der Waals surface area contributed by atoms with E-state index in [1.165, 1.54) is 11.4 Å². The second kappa shape index (κ2) is 9.43. The van der Waals surface area contributed by atoms with Gasteiger partial charge in [0.1, 0.15) is 0 Å². The first-order chi connectivity index (χ1) is 14.0. The molecule has 2 aromatic carbocycles. The van der Waals surface area contributed by atoms with Crippen molar-refractivity contribution in [1.82, 2.24) is 4.68 Å². The van der Waals surface area contributed by atoms with Crippen molar-refractivity contribution in [2.75, 3.05) is 44.2 Å². The Balaban J connectivity index is 1.75. The summed E-state index contributed by atoms with van der Waals surface area (Å²) in [6.07, 6.45) is 9.54. The van der Waals surface area contributed by atoms with Gasteiger partial charge in [0.2, 0.25) is 0 Å². The molecule has 6 nitrogen and oxygen atoms in total. The van der Waals surface area contributed by atoms with Crippen molar-refractivity contribution in [3.8, 4) is 0 Å². The van der Waals surface area contributed by atoms with Crippen molar-refractivity contribution in [3.05, 3.63) is 72.1 Å². The molecule has 0 bridgehead atoms. The van der Waals surface area contributed by atoms with Gasteiger partial charge in [-0.2, -0.15) is 0 Å². The van der Waals surface area contributed by atoms with Crippen molar-refractivity contribution in [1.29, 1.82) is 0 Å². The van der Waals surface area contributed by atoms with E-state index in [0.717, 1.165) is 16.3 Å². The zero-order valence-corrected chi connectivity index (χ0v) is 18.3. The number of thioether (sulfide) groups is 1. The van der Waals surface area contributed by atoms with E-state index in [9.17, 15) is 0 Å². The maximum absolute atomic E-state index is 4.59. The topological polar surface area (TPSA) is 40.0 Å².